The second kappa shape index (κ2) is 7.33. The molecule has 1 radical (unpaired) electrons. The van der Waals surface area contributed by atoms with Crippen LogP contribution in [0, 0.1) is 12.2 Å². The van der Waals surface area contributed by atoms with E-state index in [1.165, 1.54) is 6.79 Å². The predicted octanol–water partition coefficient (Wildman–Crippen LogP) is 1.05. The van der Waals surface area contributed by atoms with Crippen LogP contribution in [-0.2, 0) is 28.5 Å². The van der Waals surface area contributed by atoms with Gasteiger partial charge in [0.05, 0.1) is 39.3 Å². The van der Waals surface area contributed by atoms with Crippen LogP contribution in [0.4, 0.5) is 0 Å². The average molecular weight is 259 g/mol. The Bertz CT molecular complexity index is 260. The van der Waals surface area contributed by atoms with E-state index in [0.717, 1.165) is 0 Å². The summed E-state index contributed by atoms with van der Waals surface area (Å²) in [6.07, 6.45) is 0.154. The van der Waals surface area contributed by atoms with Crippen LogP contribution in [0.25, 0.3) is 0 Å². The first-order valence-electron chi connectivity index (χ1n) is 5.98. The van der Waals surface area contributed by atoms with E-state index in [-0.39, 0.29) is 38.0 Å². The van der Waals surface area contributed by atoms with E-state index >= 15 is 0 Å². The minimum atomic E-state index is -0.701. The van der Waals surface area contributed by atoms with Crippen molar-refractivity contribution in [2.75, 3.05) is 26.4 Å². The van der Waals surface area contributed by atoms with Crippen LogP contribution in [0.15, 0.2) is 0 Å². The maximum atomic E-state index is 11.6. The Kier molecular flexibility index (Phi) is 6.07. The summed E-state index contributed by atoms with van der Waals surface area (Å²) < 4.78 is 20.0. The SMILES string of the molecule is CCOC(=O)CC1(CC(=O)OCC)CO[CH]OC1. The molecule has 0 aromatic carbocycles. The molecule has 1 aliphatic rings. The van der Waals surface area contributed by atoms with Crippen LogP contribution >= 0.6 is 0 Å². The molecule has 0 bridgehead atoms. The molecule has 0 aromatic rings. The molecular weight excluding hydrogens is 240 g/mol. The van der Waals surface area contributed by atoms with Crippen molar-refractivity contribution >= 4 is 11.9 Å². The lowest BCUT2D eigenvalue weighted by Crippen LogP contribution is -2.40. The molecule has 0 atom stereocenters. The van der Waals surface area contributed by atoms with Gasteiger partial charge in [-0.2, -0.15) is 0 Å². The minimum Gasteiger partial charge on any atom is -0.466 e. The molecule has 0 unspecified atom stereocenters. The minimum absolute atomic E-state index is 0.0769. The van der Waals surface area contributed by atoms with E-state index in [4.69, 9.17) is 18.9 Å². The zero-order valence-corrected chi connectivity index (χ0v) is 10.8. The smallest absolute Gasteiger partial charge is 0.306 e. The fourth-order valence-corrected chi connectivity index (χ4v) is 1.81. The third kappa shape index (κ3) is 4.62. The summed E-state index contributed by atoms with van der Waals surface area (Å²) in [5, 5.41) is 0. The summed E-state index contributed by atoms with van der Waals surface area (Å²) >= 11 is 0. The summed E-state index contributed by atoms with van der Waals surface area (Å²) in [5.41, 5.74) is -0.701. The molecule has 1 aliphatic heterocycles. The molecule has 0 spiro atoms. The van der Waals surface area contributed by atoms with Crippen LogP contribution in [0.1, 0.15) is 26.7 Å². The number of esters is 2. The maximum absolute atomic E-state index is 11.6. The molecule has 18 heavy (non-hydrogen) atoms. The molecule has 0 amide bonds. The van der Waals surface area contributed by atoms with E-state index in [9.17, 15) is 9.59 Å². The second-order valence-electron chi connectivity index (χ2n) is 4.18. The first kappa shape index (κ1) is 14.9. The van der Waals surface area contributed by atoms with E-state index in [1.807, 2.05) is 0 Å². The van der Waals surface area contributed by atoms with Crippen LogP contribution in [0.2, 0.25) is 0 Å². The molecule has 6 heteroatoms. The molecule has 103 valence electrons. The average Bonchev–Trinajstić information content (AvgIpc) is 2.30. The van der Waals surface area contributed by atoms with E-state index < -0.39 is 5.41 Å². The van der Waals surface area contributed by atoms with Crippen molar-refractivity contribution in [3.63, 3.8) is 0 Å². The number of hydrogen-bond donors (Lipinski definition) is 0. The van der Waals surface area contributed by atoms with E-state index in [2.05, 4.69) is 0 Å². The van der Waals surface area contributed by atoms with Crippen molar-refractivity contribution in [3.05, 3.63) is 6.79 Å². The van der Waals surface area contributed by atoms with Crippen molar-refractivity contribution in [2.24, 2.45) is 5.41 Å². The van der Waals surface area contributed by atoms with E-state index in [1.54, 1.807) is 13.8 Å². The molecule has 6 nitrogen and oxygen atoms in total. The molecule has 1 fully saturated rings. The monoisotopic (exact) mass is 259 g/mol. The highest BCUT2D eigenvalue weighted by atomic mass is 16.7. The lowest BCUT2D eigenvalue weighted by molar-refractivity contribution is -0.166. The highest BCUT2D eigenvalue weighted by molar-refractivity contribution is 5.74. The molecule has 1 rings (SSSR count). The molecule has 1 heterocycles. The topological polar surface area (TPSA) is 71.1 Å². The molecule has 0 aliphatic carbocycles. The summed E-state index contributed by atoms with van der Waals surface area (Å²) in [4.78, 5) is 23.1. The van der Waals surface area contributed by atoms with Gasteiger partial charge in [-0.25, -0.2) is 0 Å². The van der Waals surface area contributed by atoms with Gasteiger partial charge in [0, 0.05) is 5.41 Å². The third-order valence-corrected chi connectivity index (χ3v) is 2.56. The van der Waals surface area contributed by atoms with Gasteiger partial charge >= 0.3 is 11.9 Å². The Labute approximate surface area is 107 Å². The van der Waals surface area contributed by atoms with Crippen molar-refractivity contribution < 1.29 is 28.5 Å². The summed E-state index contributed by atoms with van der Waals surface area (Å²) in [6.45, 7) is 5.78. The summed E-state index contributed by atoms with van der Waals surface area (Å²) in [7, 11) is 0. The lowest BCUT2D eigenvalue weighted by atomic mass is 9.82. The van der Waals surface area contributed by atoms with Crippen molar-refractivity contribution in [1.29, 1.82) is 0 Å². The highest BCUT2D eigenvalue weighted by Gasteiger charge is 2.39. The Balaban J connectivity index is 2.62. The van der Waals surface area contributed by atoms with Gasteiger partial charge in [-0.15, -0.1) is 0 Å². The first-order valence-corrected chi connectivity index (χ1v) is 5.98. The highest BCUT2D eigenvalue weighted by Crippen LogP contribution is 2.32. The van der Waals surface area contributed by atoms with Gasteiger partial charge in [-0.3, -0.25) is 9.59 Å². The van der Waals surface area contributed by atoms with Crippen LogP contribution in [0.5, 0.6) is 0 Å². The Hall–Kier alpha value is -1.14. The number of carbonyl (C=O) groups excluding carboxylic acids is 2. The van der Waals surface area contributed by atoms with Crippen molar-refractivity contribution in [3.8, 4) is 0 Å². The lowest BCUT2D eigenvalue weighted by Gasteiger charge is -2.34. The van der Waals surface area contributed by atoms with Gasteiger partial charge in [-0.1, -0.05) is 0 Å². The number of rotatable bonds is 6. The second-order valence-corrected chi connectivity index (χ2v) is 4.18. The van der Waals surface area contributed by atoms with Gasteiger partial charge in [0.15, 0.2) is 0 Å². The number of carbonyl (C=O) groups is 2. The molecule has 1 saturated heterocycles. The standard InChI is InChI=1S/C12H19O6/c1-3-17-10(13)5-12(6-11(14)18-4-2)7-15-9-16-8-12/h9H,3-8H2,1-2H3. The van der Waals surface area contributed by atoms with Crippen LogP contribution in [0.3, 0.4) is 0 Å². The van der Waals surface area contributed by atoms with Crippen molar-refractivity contribution in [2.45, 2.75) is 26.7 Å². The molecular formula is C12H19O6. The predicted molar refractivity (Wildman–Crippen MR) is 61.1 cm³/mol. The normalized spacial score (nSPS) is 18.1. The summed E-state index contributed by atoms with van der Waals surface area (Å²) in [6, 6.07) is 0. The zero-order chi connectivity index (χ0) is 13.4. The van der Waals surface area contributed by atoms with Gasteiger partial charge < -0.3 is 18.9 Å². The Morgan fingerprint density at radius 3 is 1.89 bits per heavy atom. The maximum Gasteiger partial charge on any atom is 0.306 e. The Morgan fingerprint density at radius 2 is 1.50 bits per heavy atom. The molecule has 0 saturated carbocycles. The van der Waals surface area contributed by atoms with Gasteiger partial charge in [0.2, 0.25) is 6.79 Å². The van der Waals surface area contributed by atoms with Crippen molar-refractivity contribution in [1.82, 2.24) is 0 Å². The Morgan fingerprint density at radius 1 is 1.06 bits per heavy atom. The van der Waals surface area contributed by atoms with Crippen LogP contribution < -0.4 is 0 Å². The first-order chi connectivity index (χ1) is 8.62. The molecule has 0 aromatic heterocycles. The molecule has 0 N–H and O–H groups in total. The van der Waals surface area contributed by atoms with Gasteiger partial charge in [0.25, 0.3) is 0 Å². The number of ether oxygens (including phenoxy) is 4. The third-order valence-electron chi connectivity index (χ3n) is 2.56. The van der Waals surface area contributed by atoms with E-state index in [0.29, 0.717) is 13.2 Å². The summed E-state index contributed by atoms with van der Waals surface area (Å²) in [5.74, 6) is -0.730. The largest absolute Gasteiger partial charge is 0.466 e. The quantitative estimate of drug-likeness (QED) is 0.664. The fourth-order valence-electron chi connectivity index (χ4n) is 1.81. The van der Waals surface area contributed by atoms with Crippen LogP contribution in [-0.4, -0.2) is 38.4 Å². The van der Waals surface area contributed by atoms with Gasteiger partial charge in [0.1, 0.15) is 0 Å². The zero-order valence-electron chi connectivity index (χ0n) is 10.8. The fraction of sp³-hybridized carbons (Fsp3) is 0.750. The van der Waals surface area contributed by atoms with Gasteiger partial charge in [-0.05, 0) is 13.8 Å². The number of hydrogen-bond acceptors (Lipinski definition) is 6.